The normalized spacial score (nSPS) is 16.1. The summed E-state index contributed by atoms with van der Waals surface area (Å²) in [6.45, 7) is 0.298. The predicted octanol–water partition coefficient (Wildman–Crippen LogP) is 0.460. The zero-order chi connectivity index (χ0) is 19.4. The monoisotopic (exact) mass is 394 g/mol. The van der Waals surface area contributed by atoms with E-state index in [9.17, 15) is 22.4 Å². The fraction of sp³-hybridized carbons (Fsp3) is 0.353. The summed E-state index contributed by atoms with van der Waals surface area (Å²) >= 11 is 0. The molecule has 3 rings (SSSR count). The summed E-state index contributed by atoms with van der Waals surface area (Å²) in [5.41, 5.74) is 0.683. The SMILES string of the molecule is O=C(Cc1ccccc1F)Nc1cnn(CC(=O)N2CCS(=O)(=O)CC2)c1. The maximum Gasteiger partial charge on any atom is 0.244 e. The molecular weight excluding hydrogens is 375 g/mol. The topological polar surface area (TPSA) is 101 Å². The molecule has 1 aliphatic heterocycles. The van der Waals surface area contributed by atoms with Crippen LogP contribution in [0.1, 0.15) is 5.56 Å². The summed E-state index contributed by atoms with van der Waals surface area (Å²) in [5.74, 6) is -1.15. The van der Waals surface area contributed by atoms with Crippen molar-refractivity contribution >= 4 is 27.3 Å². The fourth-order valence-corrected chi connectivity index (χ4v) is 3.94. The molecule has 8 nitrogen and oxygen atoms in total. The lowest BCUT2D eigenvalue weighted by Gasteiger charge is -2.26. The van der Waals surface area contributed by atoms with Crippen LogP contribution in [0.3, 0.4) is 0 Å². The second kappa shape index (κ2) is 7.87. The minimum Gasteiger partial charge on any atom is -0.339 e. The Morgan fingerprint density at radius 3 is 2.59 bits per heavy atom. The molecule has 2 amide bonds. The first kappa shape index (κ1) is 19.0. The highest BCUT2D eigenvalue weighted by Crippen LogP contribution is 2.11. The van der Waals surface area contributed by atoms with Gasteiger partial charge < -0.3 is 10.2 Å². The Hall–Kier alpha value is -2.75. The molecule has 1 saturated heterocycles. The van der Waals surface area contributed by atoms with Crippen molar-refractivity contribution in [2.45, 2.75) is 13.0 Å². The van der Waals surface area contributed by atoms with Gasteiger partial charge in [0.15, 0.2) is 9.84 Å². The summed E-state index contributed by atoms with van der Waals surface area (Å²) < 4.78 is 37.8. The van der Waals surface area contributed by atoms with E-state index in [-0.39, 0.29) is 49.0 Å². The molecule has 1 aromatic carbocycles. The predicted molar refractivity (Wildman–Crippen MR) is 96.2 cm³/mol. The molecule has 10 heteroatoms. The maximum absolute atomic E-state index is 13.6. The van der Waals surface area contributed by atoms with Crippen LogP contribution in [0.2, 0.25) is 0 Å². The molecule has 0 saturated carbocycles. The molecule has 0 aliphatic carbocycles. The Morgan fingerprint density at radius 1 is 1.19 bits per heavy atom. The summed E-state index contributed by atoms with van der Waals surface area (Å²) in [4.78, 5) is 25.7. The van der Waals surface area contributed by atoms with Gasteiger partial charge in [0.05, 0.1) is 29.8 Å². The van der Waals surface area contributed by atoms with Gasteiger partial charge in [-0.1, -0.05) is 18.2 Å². The number of hydrogen-bond donors (Lipinski definition) is 1. The molecule has 1 aromatic heterocycles. The molecular formula is C17H19FN4O4S. The number of amides is 2. The largest absolute Gasteiger partial charge is 0.339 e. The summed E-state index contributed by atoms with van der Waals surface area (Å²) in [7, 11) is -3.05. The fourth-order valence-electron chi connectivity index (χ4n) is 2.73. The van der Waals surface area contributed by atoms with Crippen LogP contribution >= 0.6 is 0 Å². The summed E-state index contributed by atoms with van der Waals surface area (Å²) in [6, 6.07) is 6.03. The van der Waals surface area contributed by atoms with Gasteiger partial charge in [-0.3, -0.25) is 14.3 Å². The van der Waals surface area contributed by atoms with Gasteiger partial charge in [0.1, 0.15) is 12.4 Å². The average molecular weight is 394 g/mol. The first-order valence-electron chi connectivity index (χ1n) is 8.36. The lowest BCUT2D eigenvalue weighted by atomic mass is 10.1. The summed E-state index contributed by atoms with van der Waals surface area (Å²) in [5, 5.41) is 6.63. The van der Waals surface area contributed by atoms with Crippen molar-refractivity contribution in [3.8, 4) is 0 Å². The number of sulfone groups is 1. The molecule has 2 heterocycles. The maximum atomic E-state index is 13.6. The number of carbonyl (C=O) groups is 2. The molecule has 1 N–H and O–H groups in total. The molecule has 2 aromatic rings. The van der Waals surface area contributed by atoms with Crippen LogP contribution in [-0.2, 0) is 32.4 Å². The molecule has 1 aliphatic rings. The Balaban J connectivity index is 1.53. The van der Waals surface area contributed by atoms with Crippen LogP contribution in [0.4, 0.5) is 10.1 Å². The van der Waals surface area contributed by atoms with Crippen LogP contribution in [-0.4, -0.2) is 59.5 Å². The van der Waals surface area contributed by atoms with E-state index in [1.165, 1.54) is 34.1 Å². The Bertz CT molecular complexity index is 943. The van der Waals surface area contributed by atoms with E-state index in [1.54, 1.807) is 12.1 Å². The number of nitrogens with one attached hydrogen (secondary N) is 1. The molecule has 0 atom stereocenters. The van der Waals surface area contributed by atoms with E-state index >= 15 is 0 Å². The third-order valence-electron chi connectivity index (χ3n) is 4.22. The van der Waals surface area contributed by atoms with Crippen LogP contribution < -0.4 is 5.32 Å². The van der Waals surface area contributed by atoms with Crippen molar-refractivity contribution in [2.24, 2.45) is 0 Å². The van der Waals surface area contributed by atoms with Crippen molar-refractivity contribution in [1.29, 1.82) is 0 Å². The highest BCUT2D eigenvalue weighted by atomic mass is 32.2. The smallest absolute Gasteiger partial charge is 0.244 e. The first-order valence-corrected chi connectivity index (χ1v) is 10.2. The van der Waals surface area contributed by atoms with Gasteiger partial charge in [0.2, 0.25) is 11.8 Å². The molecule has 0 radical (unpaired) electrons. The van der Waals surface area contributed by atoms with Crippen LogP contribution in [0, 0.1) is 5.82 Å². The minimum absolute atomic E-state index is 0.0325. The van der Waals surface area contributed by atoms with Gasteiger partial charge in [-0.25, -0.2) is 12.8 Å². The highest BCUT2D eigenvalue weighted by Gasteiger charge is 2.25. The molecule has 144 valence electrons. The number of anilines is 1. The Morgan fingerprint density at radius 2 is 1.89 bits per heavy atom. The third-order valence-corrected chi connectivity index (χ3v) is 5.83. The number of aromatic nitrogens is 2. The highest BCUT2D eigenvalue weighted by molar-refractivity contribution is 7.91. The zero-order valence-corrected chi connectivity index (χ0v) is 15.3. The van der Waals surface area contributed by atoms with Crippen molar-refractivity contribution in [3.63, 3.8) is 0 Å². The van der Waals surface area contributed by atoms with Crippen LogP contribution in [0.5, 0.6) is 0 Å². The number of benzene rings is 1. The lowest BCUT2D eigenvalue weighted by Crippen LogP contribution is -2.45. The number of rotatable bonds is 5. The van der Waals surface area contributed by atoms with E-state index in [0.717, 1.165) is 0 Å². The van der Waals surface area contributed by atoms with Crippen molar-refractivity contribution in [3.05, 3.63) is 48.0 Å². The number of hydrogen-bond acceptors (Lipinski definition) is 5. The quantitative estimate of drug-likeness (QED) is 0.794. The van der Waals surface area contributed by atoms with Crippen LogP contribution in [0.15, 0.2) is 36.7 Å². The van der Waals surface area contributed by atoms with E-state index in [0.29, 0.717) is 5.69 Å². The van der Waals surface area contributed by atoms with Gasteiger partial charge in [0.25, 0.3) is 0 Å². The van der Waals surface area contributed by atoms with E-state index < -0.39 is 21.6 Å². The van der Waals surface area contributed by atoms with Gasteiger partial charge in [0, 0.05) is 19.3 Å². The van der Waals surface area contributed by atoms with E-state index in [2.05, 4.69) is 10.4 Å². The number of halogens is 1. The molecule has 27 heavy (non-hydrogen) atoms. The van der Waals surface area contributed by atoms with Crippen molar-refractivity contribution in [2.75, 3.05) is 29.9 Å². The zero-order valence-electron chi connectivity index (χ0n) is 14.5. The molecule has 0 spiro atoms. The standard InChI is InChI=1S/C17H19FN4O4S/c18-15-4-2-1-3-13(15)9-16(23)20-14-10-19-22(11-14)12-17(24)21-5-7-27(25,26)8-6-21/h1-4,10-11H,5-9,12H2,(H,20,23). The van der Waals surface area contributed by atoms with Gasteiger partial charge in [-0.15, -0.1) is 0 Å². The second-order valence-electron chi connectivity index (χ2n) is 6.28. The van der Waals surface area contributed by atoms with Crippen molar-refractivity contribution < 1.29 is 22.4 Å². The molecule has 0 unspecified atom stereocenters. The third kappa shape index (κ3) is 5.13. The average Bonchev–Trinajstić information content (AvgIpc) is 3.03. The molecule has 1 fully saturated rings. The number of carbonyl (C=O) groups excluding carboxylic acids is 2. The number of nitrogens with zero attached hydrogens (tertiary/aromatic N) is 3. The first-order chi connectivity index (χ1) is 12.8. The van der Waals surface area contributed by atoms with Gasteiger partial charge in [-0.2, -0.15) is 5.10 Å². The lowest BCUT2D eigenvalue weighted by molar-refractivity contribution is -0.131. The Kier molecular flexibility index (Phi) is 5.54. The minimum atomic E-state index is -3.05. The van der Waals surface area contributed by atoms with Gasteiger partial charge in [-0.05, 0) is 11.6 Å². The van der Waals surface area contributed by atoms with Gasteiger partial charge >= 0.3 is 0 Å². The van der Waals surface area contributed by atoms with E-state index in [1.807, 2.05) is 0 Å². The Labute approximate surface area is 155 Å². The second-order valence-corrected chi connectivity index (χ2v) is 8.58. The van der Waals surface area contributed by atoms with E-state index in [4.69, 9.17) is 0 Å². The summed E-state index contributed by atoms with van der Waals surface area (Å²) in [6.07, 6.45) is 2.78. The van der Waals surface area contributed by atoms with Crippen LogP contribution in [0.25, 0.3) is 0 Å². The van der Waals surface area contributed by atoms with Crippen molar-refractivity contribution in [1.82, 2.24) is 14.7 Å². The molecule has 0 bridgehead atoms.